The number of nitro groups is 1. The molecule has 0 heterocycles. The molecule has 4 heteroatoms. The van der Waals surface area contributed by atoms with E-state index in [4.69, 9.17) is 0 Å². The molecule has 4 nitrogen and oxygen atoms in total. The van der Waals surface area contributed by atoms with Crippen LogP contribution < -0.4 is 5.32 Å². The van der Waals surface area contributed by atoms with E-state index in [-0.39, 0.29) is 16.1 Å². The number of rotatable bonds is 4. The van der Waals surface area contributed by atoms with Crippen molar-refractivity contribution >= 4 is 11.4 Å². The van der Waals surface area contributed by atoms with Crippen LogP contribution in [0.2, 0.25) is 0 Å². The van der Waals surface area contributed by atoms with Crippen molar-refractivity contribution in [3.63, 3.8) is 0 Å². The molecule has 88 valence electrons. The molecule has 1 aromatic carbocycles. The molecule has 0 fully saturated rings. The molecule has 1 N–H and O–H groups in total. The van der Waals surface area contributed by atoms with Gasteiger partial charge in [-0.05, 0) is 32.8 Å². The summed E-state index contributed by atoms with van der Waals surface area (Å²) in [5.74, 6) is 0. The van der Waals surface area contributed by atoms with Gasteiger partial charge in [-0.1, -0.05) is 13.0 Å². The molecule has 0 aromatic heterocycles. The summed E-state index contributed by atoms with van der Waals surface area (Å²) in [6.07, 6.45) is 0.954. The van der Waals surface area contributed by atoms with Gasteiger partial charge in [0.25, 0.3) is 5.69 Å². The maximum Gasteiger partial charge on any atom is 0.271 e. The lowest BCUT2D eigenvalue weighted by Crippen LogP contribution is -2.29. The zero-order chi connectivity index (χ0) is 12.3. The van der Waals surface area contributed by atoms with Crippen molar-refractivity contribution < 1.29 is 4.92 Å². The van der Waals surface area contributed by atoms with Gasteiger partial charge in [0, 0.05) is 23.4 Å². The number of benzene rings is 1. The minimum Gasteiger partial charge on any atom is -0.380 e. The van der Waals surface area contributed by atoms with Crippen molar-refractivity contribution in [1.82, 2.24) is 0 Å². The van der Waals surface area contributed by atoms with Gasteiger partial charge in [0.05, 0.1) is 4.92 Å². The second-order valence-electron chi connectivity index (χ2n) is 4.62. The van der Waals surface area contributed by atoms with Crippen LogP contribution in [0.3, 0.4) is 0 Å². The minimum atomic E-state index is -0.371. The van der Waals surface area contributed by atoms with E-state index in [1.54, 1.807) is 12.1 Å². The van der Waals surface area contributed by atoms with Gasteiger partial charge in [-0.3, -0.25) is 10.1 Å². The molecule has 0 spiro atoms. The zero-order valence-electron chi connectivity index (χ0n) is 10.2. The van der Waals surface area contributed by atoms with Gasteiger partial charge < -0.3 is 5.32 Å². The van der Waals surface area contributed by atoms with Crippen LogP contribution in [0.1, 0.15) is 32.8 Å². The summed E-state index contributed by atoms with van der Waals surface area (Å²) in [5, 5.41) is 14.0. The average molecular weight is 222 g/mol. The molecule has 0 saturated carbocycles. The van der Waals surface area contributed by atoms with Crippen LogP contribution in [0, 0.1) is 17.0 Å². The average Bonchev–Trinajstić information content (AvgIpc) is 2.21. The van der Waals surface area contributed by atoms with Crippen molar-refractivity contribution in [1.29, 1.82) is 0 Å². The Kier molecular flexibility index (Phi) is 3.52. The van der Waals surface area contributed by atoms with Crippen molar-refractivity contribution in [3.05, 3.63) is 33.9 Å². The fourth-order valence-corrected chi connectivity index (χ4v) is 1.31. The van der Waals surface area contributed by atoms with E-state index in [0.717, 1.165) is 17.7 Å². The van der Waals surface area contributed by atoms with Gasteiger partial charge in [-0.15, -0.1) is 0 Å². The lowest BCUT2D eigenvalue weighted by atomic mass is 10.0. The van der Waals surface area contributed by atoms with E-state index in [1.807, 2.05) is 6.92 Å². The number of nitrogens with zero attached hydrogens (tertiary/aromatic N) is 1. The number of nitro benzene ring substituents is 1. The lowest BCUT2D eigenvalue weighted by molar-refractivity contribution is -0.384. The summed E-state index contributed by atoms with van der Waals surface area (Å²) in [6, 6.07) is 4.89. The number of non-ortho nitro benzene ring substituents is 1. The number of aryl methyl sites for hydroxylation is 1. The van der Waals surface area contributed by atoms with Crippen LogP contribution in [-0.4, -0.2) is 10.5 Å². The van der Waals surface area contributed by atoms with Crippen LogP contribution in [0.15, 0.2) is 18.2 Å². The van der Waals surface area contributed by atoms with E-state index in [1.165, 1.54) is 6.07 Å². The van der Waals surface area contributed by atoms with Gasteiger partial charge in [-0.25, -0.2) is 0 Å². The van der Waals surface area contributed by atoms with Crippen LogP contribution in [0.25, 0.3) is 0 Å². The van der Waals surface area contributed by atoms with E-state index in [2.05, 4.69) is 26.1 Å². The first-order chi connectivity index (χ1) is 7.35. The monoisotopic (exact) mass is 222 g/mol. The standard InChI is InChI=1S/C12H18N2O2/c1-5-12(3,4)13-11-8-10(14(15)16)7-6-9(11)2/h6-8,13H,5H2,1-4H3. The SMILES string of the molecule is CCC(C)(C)Nc1cc([N+](=O)[O-])ccc1C. The highest BCUT2D eigenvalue weighted by Gasteiger charge is 2.17. The summed E-state index contributed by atoms with van der Waals surface area (Å²) >= 11 is 0. The molecule has 0 aliphatic heterocycles. The van der Waals surface area contributed by atoms with E-state index < -0.39 is 0 Å². The third-order valence-corrected chi connectivity index (χ3v) is 2.79. The summed E-state index contributed by atoms with van der Waals surface area (Å²) in [6.45, 7) is 8.17. The molecular weight excluding hydrogens is 204 g/mol. The Morgan fingerprint density at radius 3 is 2.56 bits per heavy atom. The minimum absolute atomic E-state index is 0.0556. The van der Waals surface area contributed by atoms with Gasteiger partial charge in [0.2, 0.25) is 0 Å². The summed E-state index contributed by atoms with van der Waals surface area (Å²) in [4.78, 5) is 10.3. The smallest absolute Gasteiger partial charge is 0.271 e. The fourth-order valence-electron chi connectivity index (χ4n) is 1.31. The maximum atomic E-state index is 10.7. The van der Waals surface area contributed by atoms with Crippen molar-refractivity contribution in [3.8, 4) is 0 Å². The predicted octanol–water partition coefficient (Wildman–Crippen LogP) is 3.50. The Labute approximate surface area is 95.8 Å². The Morgan fingerprint density at radius 1 is 1.44 bits per heavy atom. The van der Waals surface area contributed by atoms with Crippen molar-refractivity contribution in [2.24, 2.45) is 0 Å². The fraction of sp³-hybridized carbons (Fsp3) is 0.500. The highest BCUT2D eigenvalue weighted by atomic mass is 16.6. The normalized spacial score (nSPS) is 11.2. The molecular formula is C12H18N2O2. The molecule has 0 aliphatic rings. The maximum absolute atomic E-state index is 10.7. The molecule has 0 saturated heterocycles. The van der Waals surface area contributed by atoms with E-state index in [9.17, 15) is 10.1 Å². The van der Waals surface area contributed by atoms with Gasteiger partial charge in [-0.2, -0.15) is 0 Å². The van der Waals surface area contributed by atoms with Gasteiger partial charge in [0.15, 0.2) is 0 Å². The number of nitrogens with one attached hydrogen (secondary N) is 1. The van der Waals surface area contributed by atoms with Gasteiger partial charge in [0.1, 0.15) is 0 Å². The van der Waals surface area contributed by atoms with Crippen LogP contribution in [-0.2, 0) is 0 Å². The first-order valence-electron chi connectivity index (χ1n) is 5.39. The predicted molar refractivity (Wildman–Crippen MR) is 65.8 cm³/mol. The summed E-state index contributed by atoms with van der Waals surface area (Å²) in [5.41, 5.74) is 1.92. The molecule has 1 aromatic rings. The number of anilines is 1. The molecule has 0 atom stereocenters. The Morgan fingerprint density at radius 2 is 2.06 bits per heavy atom. The highest BCUT2D eigenvalue weighted by molar-refractivity contribution is 5.57. The topological polar surface area (TPSA) is 55.2 Å². The summed E-state index contributed by atoms with van der Waals surface area (Å²) in [7, 11) is 0. The second kappa shape index (κ2) is 4.51. The molecule has 0 unspecified atom stereocenters. The number of hydrogen-bond acceptors (Lipinski definition) is 3. The molecule has 0 bridgehead atoms. The first-order valence-corrected chi connectivity index (χ1v) is 5.39. The Bertz CT molecular complexity index is 400. The zero-order valence-corrected chi connectivity index (χ0v) is 10.2. The second-order valence-corrected chi connectivity index (χ2v) is 4.62. The van der Waals surface area contributed by atoms with Crippen LogP contribution in [0.5, 0.6) is 0 Å². The first kappa shape index (κ1) is 12.5. The van der Waals surface area contributed by atoms with Crippen molar-refractivity contribution in [2.45, 2.75) is 39.7 Å². The highest BCUT2D eigenvalue weighted by Crippen LogP contribution is 2.25. The molecule has 1 rings (SSSR count). The molecule has 16 heavy (non-hydrogen) atoms. The summed E-state index contributed by atoms with van der Waals surface area (Å²) < 4.78 is 0. The third kappa shape index (κ3) is 2.95. The third-order valence-electron chi connectivity index (χ3n) is 2.79. The molecule has 0 amide bonds. The van der Waals surface area contributed by atoms with Crippen LogP contribution in [0.4, 0.5) is 11.4 Å². The van der Waals surface area contributed by atoms with E-state index >= 15 is 0 Å². The Balaban J connectivity index is 3.03. The number of hydrogen-bond donors (Lipinski definition) is 1. The van der Waals surface area contributed by atoms with E-state index in [0.29, 0.717) is 0 Å². The Hall–Kier alpha value is -1.58. The largest absolute Gasteiger partial charge is 0.380 e. The van der Waals surface area contributed by atoms with Crippen LogP contribution >= 0.6 is 0 Å². The molecule has 0 radical (unpaired) electrons. The van der Waals surface area contributed by atoms with Gasteiger partial charge >= 0.3 is 0 Å². The van der Waals surface area contributed by atoms with Crippen molar-refractivity contribution in [2.75, 3.05) is 5.32 Å². The lowest BCUT2D eigenvalue weighted by Gasteiger charge is -2.26. The molecule has 0 aliphatic carbocycles. The quantitative estimate of drug-likeness (QED) is 0.626.